The fraction of sp³-hybridized carbons (Fsp3) is 0.318. The average molecular weight is 392 g/mol. The van der Waals surface area contributed by atoms with Gasteiger partial charge in [-0.25, -0.2) is 0 Å². The number of piperidine rings is 1. The molecule has 1 fully saturated rings. The molecule has 1 N–H and O–H groups in total. The van der Waals surface area contributed by atoms with Crippen LogP contribution in [0.5, 0.6) is 5.75 Å². The molecule has 3 aromatic rings. The maximum Gasteiger partial charge on any atom is 0.241 e. The first-order chi connectivity index (χ1) is 14.2. The van der Waals surface area contributed by atoms with E-state index in [1.807, 2.05) is 54.6 Å². The van der Waals surface area contributed by atoms with Gasteiger partial charge in [0.05, 0.1) is 19.2 Å². The highest BCUT2D eigenvalue weighted by atomic mass is 16.5. The lowest BCUT2D eigenvalue weighted by Crippen LogP contribution is -2.37. The Bertz CT molecular complexity index is 949. The van der Waals surface area contributed by atoms with Gasteiger partial charge in [-0.3, -0.25) is 9.69 Å². The van der Waals surface area contributed by atoms with Gasteiger partial charge in [0.25, 0.3) is 0 Å². The van der Waals surface area contributed by atoms with Gasteiger partial charge in [0, 0.05) is 11.6 Å². The van der Waals surface area contributed by atoms with E-state index in [0.29, 0.717) is 24.0 Å². The van der Waals surface area contributed by atoms with Gasteiger partial charge >= 0.3 is 0 Å². The minimum absolute atomic E-state index is 0.0262. The number of carbonyl (C=O) groups excluding carboxylic acids is 1. The number of benzene rings is 2. The number of hydrogen-bond acceptors (Lipinski definition) is 6. The molecular formula is C22H24N4O3. The van der Waals surface area contributed by atoms with Crippen molar-refractivity contribution in [2.24, 2.45) is 5.92 Å². The molecule has 0 atom stereocenters. The molecule has 2 heterocycles. The third-order valence-electron chi connectivity index (χ3n) is 5.17. The number of likely N-dealkylation sites (tertiary alicyclic amines) is 1. The van der Waals surface area contributed by atoms with Crippen molar-refractivity contribution >= 4 is 11.6 Å². The van der Waals surface area contributed by atoms with E-state index in [9.17, 15) is 4.79 Å². The molecule has 29 heavy (non-hydrogen) atoms. The molecule has 0 aliphatic carbocycles. The van der Waals surface area contributed by atoms with Crippen LogP contribution in [0.25, 0.3) is 11.4 Å². The zero-order valence-electron chi connectivity index (χ0n) is 16.4. The molecule has 0 radical (unpaired) electrons. The Morgan fingerprint density at radius 2 is 1.86 bits per heavy atom. The highest BCUT2D eigenvalue weighted by Crippen LogP contribution is 2.27. The SMILES string of the molecule is COc1ccccc1-c1noc(CN2CCC(C(=O)Nc3ccccc3)CC2)n1. The van der Waals surface area contributed by atoms with Gasteiger partial charge in [-0.1, -0.05) is 35.5 Å². The van der Waals surface area contributed by atoms with Crippen molar-refractivity contribution in [2.45, 2.75) is 19.4 Å². The summed E-state index contributed by atoms with van der Waals surface area (Å²) < 4.78 is 10.8. The Labute approximate surface area is 169 Å². The van der Waals surface area contributed by atoms with Crippen molar-refractivity contribution in [3.8, 4) is 17.1 Å². The summed E-state index contributed by atoms with van der Waals surface area (Å²) in [4.78, 5) is 19.2. The maximum absolute atomic E-state index is 12.5. The summed E-state index contributed by atoms with van der Waals surface area (Å²) in [6.45, 7) is 2.22. The lowest BCUT2D eigenvalue weighted by molar-refractivity contribution is -0.121. The van der Waals surface area contributed by atoms with E-state index in [4.69, 9.17) is 9.26 Å². The number of para-hydroxylation sites is 2. The largest absolute Gasteiger partial charge is 0.496 e. The van der Waals surface area contributed by atoms with E-state index < -0.39 is 0 Å². The van der Waals surface area contributed by atoms with E-state index in [1.54, 1.807) is 7.11 Å². The smallest absolute Gasteiger partial charge is 0.241 e. The number of anilines is 1. The Kier molecular flexibility index (Phi) is 5.86. The summed E-state index contributed by atoms with van der Waals surface area (Å²) in [5.74, 6) is 1.92. The molecule has 1 aliphatic heterocycles. The first-order valence-corrected chi connectivity index (χ1v) is 9.77. The second-order valence-corrected chi connectivity index (χ2v) is 7.12. The topological polar surface area (TPSA) is 80.5 Å². The number of amides is 1. The fourth-order valence-corrected chi connectivity index (χ4v) is 3.57. The molecule has 4 rings (SSSR count). The highest BCUT2D eigenvalue weighted by Gasteiger charge is 2.26. The summed E-state index contributed by atoms with van der Waals surface area (Å²) in [7, 11) is 1.62. The molecule has 0 unspecified atom stereocenters. The van der Waals surface area contributed by atoms with Gasteiger partial charge in [0.15, 0.2) is 0 Å². The van der Waals surface area contributed by atoms with Crippen molar-refractivity contribution < 1.29 is 14.1 Å². The van der Waals surface area contributed by atoms with E-state index in [0.717, 1.165) is 37.2 Å². The predicted molar refractivity (Wildman–Crippen MR) is 109 cm³/mol. The molecular weight excluding hydrogens is 368 g/mol. The minimum Gasteiger partial charge on any atom is -0.496 e. The molecule has 7 nitrogen and oxygen atoms in total. The van der Waals surface area contributed by atoms with Crippen LogP contribution in [0.2, 0.25) is 0 Å². The van der Waals surface area contributed by atoms with E-state index in [2.05, 4.69) is 20.4 Å². The number of ether oxygens (including phenoxy) is 1. The molecule has 1 saturated heterocycles. The second kappa shape index (κ2) is 8.87. The van der Waals surface area contributed by atoms with Crippen LogP contribution in [0.1, 0.15) is 18.7 Å². The summed E-state index contributed by atoms with van der Waals surface area (Å²) in [6, 6.07) is 17.2. The van der Waals surface area contributed by atoms with Crippen LogP contribution in [0.15, 0.2) is 59.1 Å². The number of methoxy groups -OCH3 is 1. The fourth-order valence-electron chi connectivity index (χ4n) is 3.57. The van der Waals surface area contributed by atoms with Crippen LogP contribution in [-0.2, 0) is 11.3 Å². The van der Waals surface area contributed by atoms with Crippen molar-refractivity contribution in [3.63, 3.8) is 0 Å². The molecule has 0 spiro atoms. The van der Waals surface area contributed by atoms with Gasteiger partial charge in [0.1, 0.15) is 5.75 Å². The number of nitrogens with one attached hydrogen (secondary N) is 1. The molecule has 1 amide bonds. The third-order valence-corrected chi connectivity index (χ3v) is 5.17. The van der Waals surface area contributed by atoms with Crippen molar-refractivity contribution in [1.82, 2.24) is 15.0 Å². The Morgan fingerprint density at radius 3 is 2.62 bits per heavy atom. The van der Waals surface area contributed by atoms with Crippen molar-refractivity contribution in [2.75, 3.05) is 25.5 Å². The standard InChI is InChI=1S/C22H24N4O3/c1-28-19-10-6-5-9-18(19)21-24-20(29-25-21)15-26-13-11-16(12-14-26)22(27)23-17-7-3-2-4-8-17/h2-10,16H,11-15H2,1H3,(H,23,27). The summed E-state index contributed by atoms with van der Waals surface area (Å²) in [5.41, 5.74) is 1.65. The van der Waals surface area contributed by atoms with Crippen LogP contribution in [0.4, 0.5) is 5.69 Å². The number of aromatic nitrogens is 2. The van der Waals surface area contributed by atoms with Gasteiger partial charge < -0.3 is 14.6 Å². The number of rotatable bonds is 6. The zero-order valence-corrected chi connectivity index (χ0v) is 16.4. The molecule has 7 heteroatoms. The van der Waals surface area contributed by atoms with Crippen molar-refractivity contribution in [3.05, 3.63) is 60.5 Å². The Morgan fingerprint density at radius 1 is 1.14 bits per heavy atom. The molecule has 150 valence electrons. The van der Waals surface area contributed by atoms with Crippen molar-refractivity contribution in [1.29, 1.82) is 0 Å². The van der Waals surface area contributed by atoms with E-state index in [-0.39, 0.29) is 11.8 Å². The van der Waals surface area contributed by atoms with Crippen LogP contribution < -0.4 is 10.1 Å². The van der Waals surface area contributed by atoms with Crippen LogP contribution in [-0.4, -0.2) is 41.1 Å². The average Bonchev–Trinajstić information content (AvgIpc) is 3.23. The van der Waals surface area contributed by atoms with E-state index in [1.165, 1.54) is 0 Å². The molecule has 2 aromatic carbocycles. The van der Waals surface area contributed by atoms with E-state index >= 15 is 0 Å². The van der Waals surface area contributed by atoms with Crippen LogP contribution >= 0.6 is 0 Å². The van der Waals surface area contributed by atoms with Gasteiger partial charge in [-0.15, -0.1) is 0 Å². The monoisotopic (exact) mass is 392 g/mol. The van der Waals surface area contributed by atoms with Crippen LogP contribution in [0.3, 0.4) is 0 Å². The molecule has 0 bridgehead atoms. The molecule has 1 aliphatic rings. The Balaban J connectivity index is 1.31. The maximum atomic E-state index is 12.5. The summed E-state index contributed by atoms with van der Waals surface area (Å²) >= 11 is 0. The van der Waals surface area contributed by atoms with Gasteiger partial charge in [-0.2, -0.15) is 4.98 Å². The lowest BCUT2D eigenvalue weighted by atomic mass is 9.96. The second-order valence-electron chi connectivity index (χ2n) is 7.12. The molecule has 0 saturated carbocycles. The van der Waals surface area contributed by atoms with Gasteiger partial charge in [0.2, 0.25) is 17.6 Å². The first kappa shape index (κ1) is 19.1. The van der Waals surface area contributed by atoms with Crippen LogP contribution in [0, 0.1) is 5.92 Å². The Hall–Kier alpha value is -3.19. The highest BCUT2D eigenvalue weighted by molar-refractivity contribution is 5.92. The number of hydrogen-bond donors (Lipinski definition) is 1. The lowest BCUT2D eigenvalue weighted by Gasteiger charge is -2.30. The zero-order chi connectivity index (χ0) is 20.1. The number of nitrogens with zero attached hydrogens (tertiary/aromatic N) is 3. The van der Waals surface area contributed by atoms with Gasteiger partial charge in [-0.05, 0) is 50.2 Å². The minimum atomic E-state index is 0.0262. The quantitative estimate of drug-likeness (QED) is 0.690. The summed E-state index contributed by atoms with van der Waals surface area (Å²) in [6.07, 6.45) is 1.62. The normalized spacial score (nSPS) is 15.2. The summed E-state index contributed by atoms with van der Waals surface area (Å²) in [5, 5.41) is 7.09. The third kappa shape index (κ3) is 4.63. The predicted octanol–water partition coefficient (Wildman–Crippen LogP) is 3.60. The first-order valence-electron chi connectivity index (χ1n) is 9.77. The number of carbonyl (C=O) groups is 1. The molecule has 1 aromatic heterocycles.